The number of hydrogen-bond donors (Lipinski definition) is 1. The Balaban J connectivity index is 2.43. The summed E-state index contributed by atoms with van der Waals surface area (Å²) in [5.74, 6) is -2.96. The Morgan fingerprint density at radius 2 is 2.33 bits per heavy atom. The smallest absolute Gasteiger partial charge is 0.322 e. The van der Waals surface area contributed by atoms with Crippen molar-refractivity contribution in [1.82, 2.24) is 5.32 Å². The molecule has 0 unspecified atom stereocenters. The van der Waals surface area contributed by atoms with Crippen molar-refractivity contribution in [3.8, 4) is 0 Å². The lowest BCUT2D eigenvalue weighted by Crippen LogP contribution is -2.43. The van der Waals surface area contributed by atoms with Crippen LogP contribution in [0.4, 0.5) is 8.78 Å². The highest BCUT2D eigenvalue weighted by atomic mass is 19.3. The number of alkyl halides is 2. The molecule has 1 aliphatic carbocycles. The zero-order valence-electron chi connectivity index (χ0n) is 9.06. The lowest BCUT2D eigenvalue weighted by Gasteiger charge is -2.19. The highest BCUT2D eigenvalue weighted by Crippen LogP contribution is 2.34. The molecule has 0 aromatic heterocycles. The minimum atomic E-state index is -2.58. The van der Waals surface area contributed by atoms with Gasteiger partial charge in [-0.25, -0.2) is 8.78 Å². The highest BCUT2D eigenvalue weighted by molar-refractivity contribution is 5.75. The van der Waals surface area contributed by atoms with E-state index in [1.165, 1.54) is 7.11 Å². The Kier molecular flexibility index (Phi) is 4.02. The standard InChI is InChI=1S/C10H17F2NO2/c1-3-8(9(14)15-2)13-7-4-5-10(11,12)6-7/h7-8,13H,3-6H2,1-2H3/t7-,8-/m1/s1. The van der Waals surface area contributed by atoms with Gasteiger partial charge < -0.3 is 10.1 Å². The summed E-state index contributed by atoms with van der Waals surface area (Å²) in [4.78, 5) is 11.2. The van der Waals surface area contributed by atoms with Crippen molar-refractivity contribution in [2.45, 2.75) is 50.6 Å². The fourth-order valence-corrected chi connectivity index (χ4v) is 1.87. The third-order valence-electron chi connectivity index (χ3n) is 2.73. The first-order valence-electron chi connectivity index (χ1n) is 5.20. The molecule has 1 N–H and O–H groups in total. The van der Waals surface area contributed by atoms with E-state index in [1.54, 1.807) is 0 Å². The molecule has 88 valence electrons. The van der Waals surface area contributed by atoms with Gasteiger partial charge in [-0.2, -0.15) is 0 Å². The monoisotopic (exact) mass is 221 g/mol. The lowest BCUT2D eigenvalue weighted by molar-refractivity contribution is -0.143. The molecular formula is C10H17F2NO2. The van der Waals surface area contributed by atoms with Gasteiger partial charge in [-0.15, -0.1) is 0 Å². The van der Waals surface area contributed by atoms with E-state index >= 15 is 0 Å². The molecule has 1 rings (SSSR count). The van der Waals surface area contributed by atoms with Crippen LogP contribution in [0.5, 0.6) is 0 Å². The SMILES string of the molecule is CC[C@@H](N[C@@H]1CCC(F)(F)C1)C(=O)OC. The van der Waals surface area contributed by atoms with Crippen molar-refractivity contribution in [3.63, 3.8) is 0 Å². The second kappa shape index (κ2) is 4.88. The molecule has 0 radical (unpaired) electrons. The van der Waals surface area contributed by atoms with E-state index in [1.807, 2.05) is 6.92 Å². The normalized spacial score (nSPS) is 26.3. The summed E-state index contributed by atoms with van der Waals surface area (Å²) >= 11 is 0. The number of hydrogen-bond acceptors (Lipinski definition) is 3. The van der Waals surface area contributed by atoms with E-state index in [2.05, 4.69) is 10.1 Å². The van der Waals surface area contributed by atoms with Crippen LogP contribution in [0.2, 0.25) is 0 Å². The summed E-state index contributed by atoms with van der Waals surface area (Å²) in [5.41, 5.74) is 0. The van der Waals surface area contributed by atoms with Gasteiger partial charge in [-0.1, -0.05) is 6.92 Å². The number of nitrogens with one attached hydrogen (secondary N) is 1. The molecule has 0 aromatic rings. The van der Waals surface area contributed by atoms with Crippen molar-refractivity contribution >= 4 is 5.97 Å². The molecule has 1 saturated carbocycles. The second-order valence-electron chi connectivity index (χ2n) is 3.95. The fraction of sp³-hybridized carbons (Fsp3) is 0.900. The Bertz CT molecular complexity index is 233. The number of esters is 1. The van der Waals surface area contributed by atoms with E-state index in [0.717, 1.165) is 0 Å². The summed E-state index contributed by atoms with van der Waals surface area (Å²) in [6, 6.07) is -0.738. The Morgan fingerprint density at radius 1 is 1.67 bits per heavy atom. The van der Waals surface area contributed by atoms with Crippen LogP contribution in [-0.2, 0) is 9.53 Å². The number of rotatable bonds is 4. The molecule has 1 fully saturated rings. The van der Waals surface area contributed by atoms with Crippen LogP contribution in [-0.4, -0.2) is 31.1 Å². The van der Waals surface area contributed by atoms with Crippen LogP contribution in [0.15, 0.2) is 0 Å². The summed E-state index contributed by atoms with van der Waals surface area (Å²) < 4.78 is 30.3. The van der Waals surface area contributed by atoms with Gasteiger partial charge in [0.1, 0.15) is 6.04 Å². The molecule has 2 atom stereocenters. The minimum Gasteiger partial charge on any atom is -0.468 e. The van der Waals surface area contributed by atoms with Gasteiger partial charge in [0.25, 0.3) is 0 Å². The average Bonchev–Trinajstić information content (AvgIpc) is 2.53. The Morgan fingerprint density at radius 3 is 2.73 bits per heavy atom. The highest BCUT2D eigenvalue weighted by Gasteiger charge is 2.40. The molecule has 0 spiro atoms. The molecular weight excluding hydrogens is 204 g/mol. The maximum Gasteiger partial charge on any atom is 0.322 e. The lowest BCUT2D eigenvalue weighted by atomic mass is 10.1. The quantitative estimate of drug-likeness (QED) is 0.734. The van der Waals surface area contributed by atoms with E-state index in [4.69, 9.17) is 0 Å². The second-order valence-corrected chi connectivity index (χ2v) is 3.95. The number of carbonyl (C=O) groups excluding carboxylic acids is 1. The maximum atomic E-state index is 12.9. The van der Waals surface area contributed by atoms with Gasteiger partial charge in [-0.3, -0.25) is 4.79 Å². The number of ether oxygens (including phenoxy) is 1. The van der Waals surface area contributed by atoms with Gasteiger partial charge in [0.2, 0.25) is 5.92 Å². The van der Waals surface area contributed by atoms with Crippen LogP contribution >= 0.6 is 0 Å². The minimum absolute atomic E-state index is 0.0950. The number of halogens is 2. The summed E-state index contributed by atoms with van der Waals surface area (Å²) in [5, 5.41) is 2.92. The van der Waals surface area contributed by atoms with Gasteiger partial charge in [0, 0.05) is 18.9 Å². The zero-order valence-corrected chi connectivity index (χ0v) is 9.06. The molecule has 0 aromatic carbocycles. The molecule has 0 aliphatic heterocycles. The Labute approximate surface area is 88.2 Å². The predicted octanol–water partition coefficient (Wildman–Crippen LogP) is 1.72. The maximum absolute atomic E-state index is 12.9. The molecule has 3 nitrogen and oxygen atoms in total. The van der Waals surface area contributed by atoms with E-state index < -0.39 is 12.0 Å². The van der Waals surface area contributed by atoms with Crippen molar-refractivity contribution in [2.75, 3.05) is 7.11 Å². The topological polar surface area (TPSA) is 38.3 Å². The van der Waals surface area contributed by atoms with E-state index in [0.29, 0.717) is 12.8 Å². The molecule has 0 bridgehead atoms. The zero-order chi connectivity index (χ0) is 11.5. The average molecular weight is 221 g/mol. The van der Waals surface area contributed by atoms with Gasteiger partial charge in [-0.05, 0) is 12.8 Å². The Hall–Kier alpha value is -0.710. The molecule has 1 aliphatic rings. The van der Waals surface area contributed by atoms with E-state index in [-0.39, 0.29) is 24.9 Å². The molecule has 5 heteroatoms. The first-order valence-corrected chi connectivity index (χ1v) is 5.20. The largest absolute Gasteiger partial charge is 0.468 e. The van der Waals surface area contributed by atoms with Crippen molar-refractivity contribution in [2.24, 2.45) is 0 Å². The summed E-state index contributed by atoms with van der Waals surface area (Å²) in [6.45, 7) is 1.82. The van der Waals surface area contributed by atoms with Crippen molar-refractivity contribution < 1.29 is 18.3 Å². The predicted molar refractivity (Wildman–Crippen MR) is 51.8 cm³/mol. The van der Waals surface area contributed by atoms with Gasteiger partial charge in [0.05, 0.1) is 7.11 Å². The summed E-state index contributed by atoms with van der Waals surface area (Å²) in [7, 11) is 1.30. The van der Waals surface area contributed by atoms with Crippen molar-refractivity contribution in [3.05, 3.63) is 0 Å². The van der Waals surface area contributed by atoms with Crippen molar-refractivity contribution in [1.29, 1.82) is 0 Å². The number of methoxy groups -OCH3 is 1. The van der Waals surface area contributed by atoms with E-state index in [9.17, 15) is 13.6 Å². The first-order chi connectivity index (χ1) is 6.98. The third-order valence-corrected chi connectivity index (χ3v) is 2.73. The van der Waals surface area contributed by atoms with Gasteiger partial charge >= 0.3 is 5.97 Å². The van der Waals surface area contributed by atoms with Gasteiger partial charge in [0.15, 0.2) is 0 Å². The summed E-state index contributed by atoms with van der Waals surface area (Å²) in [6.07, 6.45) is 0.692. The molecule has 15 heavy (non-hydrogen) atoms. The first kappa shape index (κ1) is 12.4. The molecule has 0 heterocycles. The molecule has 0 saturated heterocycles. The van der Waals surface area contributed by atoms with Crippen LogP contribution in [0.1, 0.15) is 32.6 Å². The fourth-order valence-electron chi connectivity index (χ4n) is 1.87. The third kappa shape index (κ3) is 3.41. The van der Waals surface area contributed by atoms with Crippen LogP contribution < -0.4 is 5.32 Å². The van der Waals surface area contributed by atoms with Crippen LogP contribution in [0.3, 0.4) is 0 Å². The van der Waals surface area contributed by atoms with Crippen LogP contribution in [0, 0.1) is 0 Å². The van der Waals surface area contributed by atoms with Crippen LogP contribution in [0.25, 0.3) is 0 Å². The number of carbonyl (C=O) groups is 1. The molecule has 0 amide bonds.